The summed E-state index contributed by atoms with van der Waals surface area (Å²) in [4.78, 5) is 38.4. The number of carbonyl (C=O) groups excluding carboxylic acids is 3. The van der Waals surface area contributed by atoms with Crippen LogP contribution in [0.4, 0.5) is 0 Å². The van der Waals surface area contributed by atoms with E-state index in [9.17, 15) is 14.4 Å². The lowest BCUT2D eigenvalue weighted by atomic mass is 10.0. The van der Waals surface area contributed by atoms with Crippen molar-refractivity contribution in [3.05, 3.63) is 72.9 Å². The molecule has 1 atom stereocenters. The van der Waals surface area contributed by atoms with E-state index in [1.165, 1.54) is 231 Å². The highest BCUT2D eigenvalue weighted by atomic mass is 16.6. The van der Waals surface area contributed by atoms with E-state index in [-0.39, 0.29) is 37.5 Å². The zero-order valence-corrected chi connectivity index (χ0v) is 52.6. The van der Waals surface area contributed by atoms with Crippen LogP contribution in [0.3, 0.4) is 0 Å². The number of hydrogen-bond donors (Lipinski definition) is 0. The molecular formula is C73H130O6. The Bertz CT molecular complexity index is 1450. The van der Waals surface area contributed by atoms with Gasteiger partial charge in [0.1, 0.15) is 13.2 Å². The summed E-state index contributed by atoms with van der Waals surface area (Å²) in [7, 11) is 0. The molecule has 0 saturated carbocycles. The lowest BCUT2D eigenvalue weighted by Crippen LogP contribution is -2.30. The van der Waals surface area contributed by atoms with Crippen molar-refractivity contribution in [2.75, 3.05) is 13.2 Å². The van der Waals surface area contributed by atoms with Gasteiger partial charge in [0.05, 0.1) is 0 Å². The lowest BCUT2D eigenvalue weighted by Gasteiger charge is -2.18. The molecule has 0 radical (unpaired) electrons. The maximum absolute atomic E-state index is 12.9. The highest BCUT2D eigenvalue weighted by molar-refractivity contribution is 5.71. The van der Waals surface area contributed by atoms with Crippen molar-refractivity contribution in [3.8, 4) is 0 Å². The van der Waals surface area contributed by atoms with Gasteiger partial charge in [0, 0.05) is 19.3 Å². The van der Waals surface area contributed by atoms with Crippen LogP contribution in [-0.4, -0.2) is 37.2 Å². The molecule has 0 aliphatic carbocycles. The van der Waals surface area contributed by atoms with E-state index in [1.54, 1.807) is 0 Å². The van der Waals surface area contributed by atoms with Crippen LogP contribution in [0.1, 0.15) is 355 Å². The van der Waals surface area contributed by atoms with Crippen molar-refractivity contribution in [1.82, 2.24) is 0 Å². The van der Waals surface area contributed by atoms with Crippen molar-refractivity contribution < 1.29 is 28.6 Å². The summed E-state index contributed by atoms with van der Waals surface area (Å²) in [5, 5.41) is 0. The second-order valence-electron chi connectivity index (χ2n) is 23.1. The fourth-order valence-electron chi connectivity index (χ4n) is 10.1. The maximum atomic E-state index is 12.9. The first kappa shape index (κ1) is 75.8. The van der Waals surface area contributed by atoms with Crippen molar-refractivity contribution in [2.45, 2.75) is 361 Å². The summed E-state index contributed by atoms with van der Waals surface area (Å²) in [5.74, 6) is -0.958. The first-order valence-corrected chi connectivity index (χ1v) is 34.4. The Balaban J connectivity index is 4.40. The molecular weight excluding hydrogens is 973 g/mol. The molecule has 6 heteroatoms. The molecule has 0 bridgehead atoms. The molecule has 79 heavy (non-hydrogen) atoms. The molecule has 0 aromatic heterocycles. The Hall–Kier alpha value is -3.15. The maximum Gasteiger partial charge on any atom is 0.306 e. The van der Waals surface area contributed by atoms with Crippen LogP contribution >= 0.6 is 0 Å². The van der Waals surface area contributed by atoms with Crippen LogP contribution in [0.5, 0.6) is 0 Å². The average Bonchev–Trinajstić information content (AvgIpc) is 3.45. The molecule has 1 unspecified atom stereocenters. The molecule has 0 aliphatic rings. The van der Waals surface area contributed by atoms with E-state index in [1.807, 2.05) is 6.08 Å². The summed E-state index contributed by atoms with van der Waals surface area (Å²) < 4.78 is 16.9. The van der Waals surface area contributed by atoms with E-state index in [0.717, 1.165) is 77.0 Å². The Kier molecular flexibility index (Phi) is 64.7. The number of hydrogen-bond acceptors (Lipinski definition) is 6. The third kappa shape index (κ3) is 65.5. The first-order chi connectivity index (χ1) is 39.0. The Labute approximate surface area is 491 Å². The topological polar surface area (TPSA) is 78.9 Å². The highest BCUT2D eigenvalue weighted by Gasteiger charge is 2.19. The van der Waals surface area contributed by atoms with Crippen molar-refractivity contribution in [3.63, 3.8) is 0 Å². The van der Waals surface area contributed by atoms with Crippen LogP contribution in [-0.2, 0) is 28.6 Å². The largest absolute Gasteiger partial charge is 0.462 e. The van der Waals surface area contributed by atoms with Gasteiger partial charge in [-0.3, -0.25) is 14.4 Å². The normalized spacial score (nSPS) is 12.5. The molecule has 0 heterocycles. The highest BCUT2D eigenvalue weighted by Crippen LogP contribution is 2.18. The molecule has 6 nitrogen and oxygen atoms in total. The van der Waals surface area contributed by atoms with Crippen molar-refractivity contribution >= 4 is 17.9 Å². The molecule has 0 aromatic rings. The van der Waals surface area contributed by atoms with Gasteiger partial charge in [-0.05, 0) is 57.8 Å². The van der Waals surface area contributed by atoms with E-state index < -0.39 is 6.10 Å². The summed E-state index contributed by atoms with van der Waals surface area (Å²) in [6.07, 6.45) is 87.9. The summed E-state index contributed by atoms with van der Waals surface area (Å²) in [6, 6.07) is 0. The van der Waals surface area contributed by atoms with Crippen LogP contribution in [0.2, 0.25) is 0 Å². The zero-order valence-electron chi connectivity index (χ0n) is 52.6. The van der Waals surface area contributed by atoms with Crippen LogP contribution < -0.4 is 0 Å². The fraction of sp³-hybridized carbons (Fsp3) is 0.795. The molecule has 0 spiro atoms. The second kappa shape index (κ2) is 67.4. The van der Waals surface area contributed by atoms with Crippen molar-refractivity contribution in [1.29, 1.82) is 0 Å². The summed E-state index contributed by atoms with van der Waals surface area (Å²) >= 11 is 0. The van der Waals surface area contributed by atoms with Gasteiger partial charge in [-0.1, -0.05) is 351 Å². The molecule has 0 amide bonds. The first-order valence-electron chi connectivity index (χ1n) is 34.4. The second-order valence-corrected chi connectivity index (χ2v) is 23.1. The van der Waals surface area contributed by atoms with Gasteiger partial charge < -0.3 is 14.2 Å². The third-order valence-electron chi connectivity index (χ3n) is 15.2. The van der Waals surface area contributed by atoms with E-state index in [2.05, 4.69) is 87.6 Å². The van der Waals surface area contributed by atoms with Crippen molar-refractivity contribution in [2.24, 2.45) is 0 Å². The molecule has 0 rings (SSSR count). The van der Waals surface area contributed by atoms with E-state index >= 15 is 0 Å². The number of carbonyl (C=O) groups is 3. The minimum absolute atomic E-state index is 0.0937. The van der Waals surface area contributed by atoms with Gasteiger partial charge in [0.25, 0.3) is 0 Å². The molecule has 0 fully saturated rings. The molecule has 0 aromatic carbocycles. The van der Waals surface area contributed by atoms with Crippen LogP contribution in [0, 0.1) is 0 Å². The number of unbranched alkanes of at least 4 members (excludes halogenated alkanes) is 40. The lowest BCUT2D eigenvalue weighted by molar-refractivity contribution is -0.166. The predicted octanol–water partition coefficient (Wildman–Crippen LogP) is 23.7. The number of rotatable bonds is 63. The van der Waals surface area contributed by atoms with Gasteiger partial charge in [-0.25, -0.2) is 0 Å². The van der Waals surface area contributed by atoms with Gasteiger partial charge >= 0.3 is 17.9 Å². The van der Waals surface area contributed by atoms with Crippen LogP contribution in [0.25, 0.3) is 0 Å². The molecule has 0 aliphatic heterocycles. The van der Waals surface area contributed by atoms with Gasteiger partial charge in [0.2, 0.25) is 0 Å². The Morgan fingerprint density at radius 1 is 0.266 bits per heavy atom. The number of allylic oxidation sites excluding steroid dienone is 12. The summed E-state index contributed by atoms with van der Waals surface area (Å²) in [5.41, 5.74) is 0. The molecule has 458 valence electrons. The number of ether oxygens (including phenoxy) is 3. The van der Waals surface area contributed by atoms with Gasteiger partial charge in [-0.2, -0.15) is 0 Å². The number of esters is 3. The third-order valence-corrected chi connectivity index (χ3v) is 15.2. The predicted molar refractivity (Wildman–Crippen MR) is 344 cm³/mol. The quantitative estimate of drug-likeness (QED) is 0.0261. The fourth-order valence-corrected chi connectivity index (χ4v) is 10.1. The minimum atomic E-state index is -0.805. The standard InChI is InChI=1S/C73H130O6/c1-4-7-10-13-16-19-22-25-28-31-34-36-37-40-42-45-48-51-54-57-60-63-66-72(75)78-69-70(68-77-71(74)65-62-59-56-53-50-47-44-41-38-33-30-27-24-21-18-15-12-9-6-3)79-73(76)67-64-61-58-55-52-49-46-43-39-35-32-29-26-23-20-17-14-11-8-5-2/h9,12,18,21,27,30,38,41,47,50,56,59,70H,4-8,10-11,13-17,19-20,22-26,28-29,31-37,39-40,42-46,48-49,51-55,57-58,60-69H2,1-3H3/b12-9-,21-18-,30-27-,41-38-,50-47-,59-56-. The Morgan fingerprint density at radius 3 is 0.772 bits per heavy atom. The smallest absolute Gasteiger partial charge is 0.306 e. The monoisotopic (exact) mass is 1100 g/mol. The van der Waals surface area contributed by atoms with E-state index in [4.69, 9.17) is 14.2 Å². The minimum Gasteiger partial charge on any atom is -0.462 e. The van der Waals surface area contributed by atoms with Gasteiger partial charge in [0.15, 0.2) is 6.10 Å². The average molecular weight is 1100 g/mol. The van der Waals surface area contributed by atoms with Gasteiger partial charge in [-0.15, -0.1) is 0 Å². The Morgan fingerprint density at radius 2 is 0.494 bits per heavy atom. The summed E-state index contributed by atoms with van der Waals surface area (Å²) in [6.45, 7) is 6.53. The zero-order chi connectivity index (χ0) is 57.1. The molecule has 0 saturated heterocycles. The molecule has 0 N–H and O–H groups in total. The van der Waals surface area contributed by atoms with E-state index in [0.29, 0.717) is 19.3 Å². The van der Waals surface area contributed by atoms with Crippen LogP contribution in [0.15, 0.2) is 72.9 Å². The SMILES string of the molecule is CC/C=C\C/C=C\C/C=C\C/C=C\C/C=C\C/C=C\CCC(=O)OCC(COC(=O)CCCCCCCCCCCCCCCCCCCCCCCC)OC(=O)CCCCCCCCCCCCCCCCCCCCCC.